The number of halogens is 2. The summed E-state index contributed by atoms with van der Waals surface area (Å²) >= 11 is 6.02. The average Bonchev–Trinajstić information content (AvgIpc) is 3.23. The Bertz CT molecular complexity index is 870. The van der Waals surface area contributed by atoms with E-state index in [2.05, 4.69) is 25.8 Å². The zero-order valence-corrected chi connectivity index (χ0v) is 20.7. The number of carbonyl (C=O) groups excluding carboxylic acids is 1. The van der Waals surface area contributed by atoms with E-state index in [1.54, 1.807) is 17.0 Å². The summed E-state index contributed by atoms with van der Waals surface area (Å²) in [6, 6.07) is 7.59. The van der Waals surface area contributed by atoms with Crippen LogP contribution >= 0.6 is 35.6 Å². The molecule has 2 heterocycles. The van der Waals surface area contributed by atoms with Crippen molar-refractivity contribution in [3.63, 3.8) is 0 Å². The van der Waals surface area contributed by atoms with E-state index in [0.717, 1.165) is 30.9 Å². The number of rotatable bonds is 6. The predicted molar refractivity (Wildman–Crippen MR) is 130 cm³/mol. The molecule has 1 aromatic carbocycles. The van der Waals surface area contributed by atoms with Gasteiger partial charge in [0.1, 0.15) is 0 Å². The van der Waals surface area contributed by atoms with E-state index in [0.29, 0.717) is 42.8 Å². The van der Waals surface area contributed by atoms with Gasteiger partial charge in [-0.2, -0.15) is 4.98 Å². The molecule has 0 bridgehead atoms. The molecule has 11 heteroatoms. The molecular formula is C20H28ClIN6O3. The van der Waals surface area contributed by atoms with Gasteiger partial charge in [-0.25, -0.2) is 4.79 Å². The number of ether oxygens (including phenoxy) is 1. The molecule has 1 aromatic heterocycles. The highest BCUT2D eigenvalue weighted by Gasteiger charge is 2.23. The van der Waals surface area contributed by atoms with Gasteiger partial charge in [-0.1, -0.05) is 28.9 Å². The first-order valence-electron chi connectivity index (χ1n) is 10.0. The topological polar surface area (TPSA) is 105 Å². The lowest BCUT2D eigenvalue weighted by Gasteiger charge is -2.32. The molecule has 2 aromatic rings. The summed E-state index contributed by atoms with van der Waals surface area (Å²) in [5.41, 5.74) is 0.814. The highest BCUT2D eigenvalue weighted by atomic mass is 127. The van der Waals surface area contributed by atoms with Crippen molar-refractivity contribution in [1.82, 2.24) is 25.7 Å². The van der Waals surface area contributed by atoms with Gasteiger partial charge in [0.05, 0.1) is 13.7 Å². The van der Waals surface area contributed by atoms with Gasteiger partial charge in [-0.05, 0) is 31.9 Å². The Balaban J connectivity index is 0.00000341. The minimum absolute atomic E-state index is 0. The van der Waals surface area contributed by atoms with Crippen molar-refractivity contribution in [2.75, 3.05) is 33.3 Å². The summed E-state index contributed by atoms with van der Waals surface area (Å²) in [5, 5.41) is 11.3. The van der Waals surface area contributed by atoms with E-state index in [1.165, 1.54) is 7.11 Å². The number of aliphatic imine (C=N–C) groups is 1. The van der Waals surface area contributed by atoms with Crippen molar-refractivity contribution in [3.05, 3.63) is 35.2 Å². The summed E-state index contributed by atoms with van der Waals surface area (Å²) in [6.07, 6.45) is 1.94. The van der Waals surface area contributed by atoms with Gasteiger partial charge in [0.2, 0.25) is 11.7 Å². The first-order chi connectivity index (χ1) is 14.6. The Morgan fingerprint density at radius 3 is 2.84 bits per heavy atom. The molecule has 2 N–H and O–H groups in total. The second-order valence-corrected chi connectivity index (χ2v) is 7.34. The summed E-state index contributed by atoms with van der Waals surface area (Å²) in [6.45, 7) is 4.61. The third-order valence-corrected chi connectivity index (χ3v) is 4.99. The summed E-state index contributed by atoms with van der Waals surface area (Å²) in [7, 11) is 1.41. The maximum Gasteiger partial charge on any atom is 0.409 e. The van der Waals surface area contributed by atoms with Crippen LogP contribution < -0.4 is 10.6 Å². The summed E-state index contributed by atoms with van der Waals surface area (Å²) in [4.78, 5) is 22.3. The van der Waals surface area contributed by atoms with E-state index >= 15 is 0 Å². The molecule has 3 rings (SSSR count). The fraction of sp³-hybridized carbons (Fsp3) is 0.500. The molecule has 1 fully saturated rings. The van der Waals surface area contributed by atoms with Crippen LogP contribution in [-0.2, 0) is 11.2 Å². The van der Waals surface area contributed by atoms with Gasteiger partial charge in [0.15, 0.2) is 5.96 Å². The Labute approximate surface area is 204 Å². The minimum Gasteiger partial charge on any atom is -0.453 e. The second-order valence-electron chi connectivity index (χ2n) is 6.91. The number of nitrogens with zero attached hydrogens (tertiary/aromatic N) is 4. The zero-order valence-electron chi connectivity index (χ0n) is 17.6. The quantitative estimate of drug-likeness (QED) is 0.316. The van der Waals surface area contributed by atoms with Gasteiger partial charge in [-0.15, -0.1) is 24.0 Å². The number of hydrogen-bond acceptors (Lipinski definition) is 6. The molecule has 170 valence electrons. The maximum absolute atomic E-state index is 11.6. The van der Waals surface area contributed by atoms with Gasteiger partial charge < -0.3 is 24.8 Å². The SMILES string of the molecule is CCNC(=NCCc1nc(-c2cccc(Cl)c2)no1)NC1CCN(C(=O)OC)CC1.I. The largest absolute Gasteiger partial charge is 0.453 e. The Morgan fingerprint density at radius 1 is 1.39 bits per heavy atom. The number of methoxy groups -OCH3 is 1. The van der Waals surface area contributed by atoms with Gasteiger partial charge in [0.25, 0.3) is 0 Å². The van der Waals surface area contributed by atoms with Crippen molar-refractivity contribution >= 4 is 47.6 Å². The van der Waals surface area contributed by atoms with Gasteiger partial charge in [-0.3, -0.25) is 4.99 Å². The van der Waals surface area contributed by atoms with E-state index < -0.39 is 0 Å². The van der Waals surface area contributed by atoms with Crippen molar-refractivity contribution in [1.29, 1.82) is 0 Å². The molecule has 1 aliphatic heterocycles. The van der Waals surface area contributed by atoms with Crippen LogP contribution in [0.1, 0.15) is 25.7 Å². The number of nitrogens with one attached hydrogen (secondary N) is 2. The molecule has 0 aliphatic carbocycles. The number of amides is 1. The number of aromatic nitrogens is 2. The van der Waals surface area contributed by atoms with Crippen molar-refractivity contribution < 1.29 is 14.1 Å². The third-order valence-electron chi connectivity index (χ3n) is 4.76. The van der Waals surface area contributed by atoms with Crippen LogP contribution in [0.15, 0.2) is 33.8 Å². The lowest BCUT2D eigenvalue weighted by molar-refractivity contribution is 0.111. The molecule has 0 atom stereocenters. The monoisotopic (exact) mass is 562 g/mol. The molecule has 1 aliphatic rings. The molecule has 9 nitrogen and oxygen atoms in total. The highest BCUT2D eigenvalue weighted by molar-refractivity contribution is 14.0. The van der Waals surface area contributed by atoms with Crippen molar-refractivity contribution in [3.8, 4) is 11.4 Å². The number of benzene rings is 1. The number of likely N-dealkylation sites (tertiary alicyclic amines) is 1. The van der Waals surface area contributed by atoms with Crippen LogP contribution in [-0.4, -0.2) is 66.4 Å². The first-order valence-corrected chi connectivity index (χ1v) is 10.4. The first kappa shape index (κ1) is 25.2. The Kier molecular flexibility index (Phi) is 10.3. The maximum atomic E-state index is 11.6. The molecule has 0 spiro atoms. The number of hydrogen-bond donors (Lipinski definition) is 2. The van der Waals surface area contributed by atoms with Crippen LogP contribution in [0.4, 0.5) is 4.79 Å². The second kappa shape index (κ2) is 12.7. The molecular weight excluding hydrogens is 535 g/mol. The molecule has 1 saturated heterocycles. The molecule has 0 unspecified atom stereocenters. The number of carbonyl (C=O) groups is 1. The Hall–Kier alpha value is -2.08. The standard InChI is InChI=1S/C20H27ClN6O3.HI/c1-3-22-19(24-16-8-11-27(12-9-16)20(28)29-2)23-10-7-17-25-18(26-30-17)14-5-4-6-15(21)13-14;/h4-6,13,16H,3,7-12H2,1-2H3,(H2,22,23,24);1H. The van der Waals surface area contributed by atoms with E-state index in [4.69, 9.17) is 20.9 Å². The van der Waals surface area contributed by atoms with Crippen LogP contribution in [0.25, 0.3) is 11.4 Å². The van der Waals surface area contributed by atoms with Gasteiger partial charge in [0, 0.05) is 42.7 Å². The highest BCUT2D eigenvalue weighted by Crippen LogP contribution is 2.20. The molecule has 0 radical (unpaired) electrons. The average molecular weight is 563 g/mol. The van der Waals surface area contributed by atoms with Crippen molar-refractivity contribution in [2.24, 2.45) is 4.99 Å². The number of guanidine groups is 1. The van der Waals surface area contributed by atoms with Crippen LogP contribution in [0, 0.1) is 0 Å². The van der Waals surface area contributed by atoms with Crippen molar-refractivity contribution in [2.45, 2.75) is 32.2 Å². The van der Waals surface area contributed by atoms with Crippen LogP contribution in [0.5, 0.6) is 0 Å². The Morgan fingerprint density at radius 2 is 2.16 bits per heavy atom. The van der Waals surface area contributed by atoms with E-state index in [1.807, 2.05) is 19.1 Å². The predicted octanol–water partition coefficient (Wildman–Crippen LogP) is 3.34. The molecule has 31 heavy (non-hydrogen) atoms. The summed E-state index contributed by atoms with van der Waals surface area (Å²) in [5.74, 6) is 1.78. The molecule has 1 amide bonds. The fourth-order valence-electron chi connectivity index (χ4n) is 3.21. The van der Waals surface area contributed by atoms with Gasteiger partial charge >= 0.3 is 6.09 Å². The summed E-state index contributed by atoms with van der Waals surface area (Å²) < 4.78 is 10.1. The molecule has 0 saturated carbocycles. The lowest BCUT2D eigenvalue weighted by atomic mass is 10.1. The van der Waals surface area contributed by atoms with Crippen LogP contribution in [0.3, 0.4) is 0 Å². The van der Waals surface area contributed by atoms with E-state index in [-0.39, 0.29) is 36.1 Å². The minimum atomic E-state index is -0.272. The number of piperidine rings is 1. The van der Waals surface area contributed by atoms with E-state index in [9.17, 15) is 4.79 Å². The zero-order chi connectivity index (χ0) is 21.3. The third kappa shape index (κ3) is 7.53. The fourth-order valence-corrected chi connectivity index (χ4v) is 3.40. The smallest absolute Gasteiger partial charge is 0.409 e. The normalized spacial score (nSPS) is 14.7. The van der Waals surface area contributed by atoms with Crippen LogP contribution in [0.2, 0.25) is 5.02 Å². The lowest BCUT2D eigenvalue weighted by Crippen LogP contribution is -2.49.